The molecule has 4 heteroatoms. The van der Waals surface area contributed by atoms with Gasteiger partial charge in [-0.25, -0.2) is 0 Å². The molecule has 0 unspecified atom stereocenters. The van der Waals surface area contributed by atoms with E-state index < -0.39 is 7.12 Å². The van der Waals surface area contributed by atoms with Gasteiger partial charge in [0.2, 0.25) is 0 Å². The lowest BCUT2D eigenvalue weighted by molar-refractivity contribution is 0.00578. The lowest BCUT2D eigenvalue weighted by atomic mass is 9.70. The summed E-state index contributed by atoms with van der Waals surface area (Å²) in [6, 6.07) is 31.0. The molecule has 5 aromatic rings. The van der Waals surface area contributed by atoms with Crippen LogP contribution in [0.15, 0.2) is 84.9 Å². The number of hydrogen-bond acceptors (Lipinski definition) is 2. The normalized spacial score (nSPS) is 18.9. The minimum atomic E-state index is -0.408. The SMILES string of the molecule is CC1(C)c2ccccc2-n2c3ccc(-c4ccccc4)cc3c3cc(B4OC(C)(C)C(C)(C)O4)cc1c32. The first kappa shape index (κ1) is 22.8. The number of para-hydroxylation sites is 1. The third kappa shape index (κ3) is 3.09. The first-order valence-electron chi connectivity index (χ1n) is 13.2. The molecule has 0 bridgehead atoms. The Balaban J connectivity index is 1.57. The summed E-state index contributed by atoms with van der Waals surface area (Å²) in [5.74, 6) is 0. The van der Waals surface area contributed by atoms with Crippen molar-refractivity contribution < 1.29 is 9.31 Å². The Labute approximate surface area is 219 Å². The maximum absolute atomic E-state index is 6.54. The summed E-state index contributed by atoms with van der Waals surface area (Å²) < 4.78 is 15.5. The van der Waals surface area contributed by atoms with Crippen LogP contribution in [0.1, 0.15) is 52.7 Å². The molecule has 0 atom stereocenters. The van der Waals surface area contributed by atoms with Crippen molar-refractivity contribution in [2.45, 2.75) is 58.2 Å². The quantitative estimate of drug-likeness (QED) is 0.244. The molecule has 0 N–H and O–H groups in total. The highest BCUT2D eigenvalue weighted by atomic mass is 16.7. The van der Waals surface area contributed by atoms with Gasteiger partial charge in [-0.2, -0.15) is 0 Å². The average Bonchev–Trinajstić information content (AvgIpc) is 3.32. The van der Waals surface area contributed by atoms with Gasteiger partial charge in [-0.05, 0) is 73.6 Å². The molecule has 1 saturated heterocycles. The van der Waals surface area contributed by atoms with Crippen LogP contribution in [0.2, 0.25) is 0 Å². The predicted octanol–water partition coefficient (Wildman–Crippen LogP) is 7.39. The van der Waals surface area contributed by atoms with E-state index in [4.69, 9.17) is 9.31 Å². The van der Waals surface area contributed by atoms with Crippen LogP contribution in [0.4, 0.5) is 0 Å². The molecule has 2 aliphatic heterocycles. The number of benzene rings is 4. The molecule has 0 aliphatic carbocycles. The summed E-state index contributed by atoms with van der Waals surface area (Å²) in [5, 5.41) is 2.50. The van der Waals surface area contributed by atoms with Gasteiger partial charge in [0.25, 0.3) is 0 Å². The van der Waals surface area contributed by atoms with Crippen LogP contribution in [0.5, 0.6) is 0 Å². The lowest BCUT2D eigenvalue weighted by Crippen LogP contribution is -2.41. The standard InChI is InChI=1S/C33H32BNO2/c1-31(2)26-14-10-11-15-29(26)35-28-17-16-22(21-12-8-7-9-13-21)18-24(28)25-19-23(20-27(31)30(25)35)34-36-32(3,4)33(5,6)37-34/h7-20H,1-6H3. The van der Waals surface area contributed by atoms with E-state index in [9.17, 15) is 0 Å². The number of nitrogens with zero attached hydrogens (tertiary/aromatic N) is 1. The molecule has 0 radical (unpaired) electrons. The van der Waals surface area contributed by atoms with Gasteiger partial charge >= 0.3 is 7.12 Å². The summed E-state index contributed by atoms with van der Waals surface area (Å²) in [4.78, 5) is 0. The fraction of sp³-hybridized carbons (Fsp3) is 0.273. The molecule has 3 heterocycles. The minimum absolute atomic E-state index is 0.166. The Bertz CT molecular complexity index is 1700. The molecule has 184 valence electrons. The fourth-order valence-electron chi connectivity index (χ4n) is 6.16. The Morgan fingerprint density at radius 3 is 2.03 bits per heavy atom. The first-order valence-corrected chi connectivity index (χ1v) is 13.2. The zero-order valence-electron chi connectivity index (χ0n) is 22.4. The van der Waals surface area contributed by atoms with Gasteiger partial charge in [-0.15, -0.1) is 0 Å². The summed E-state index contributed by atoms with van der Waals surface area (Å²) in [7, 11) is -0.408. The Morgan fingerprint density at radius 1 is 0.622 bits per heavy atom. The van der Waals surface area contributed by atoms with Crippen LogP contribution in [0.3, 0.4) is 0 Å². The second-order valence-corrected chi connectivity index (χ2v) is 12.1. The van der Waals surface area contributed by atoms with E-state index in [1.165, 1.54) is 49.7 Å². The minimum Gasteiger partial charge on any atom is -0.399 e. The predicted molar refractivity (Wildman–Crippen MR) is 154 cm³/mol. The highest BCUT2D eigenvalue weighted by Gasteiger charge is 2.52. The molecular formula is C33H32BNO2. The number of aromatic nitrogens is 1. The van der Waals surface area contributed by atoms with E-state index in [1.807, 2.05) is 0 Å². The van der Waals surface area contributed by atoms with Crippen LogP contribution in [-0.4, -0.2) is 22.9 Å². The van der Waals surface area contributed by atoms with Crippen molar-refractivity contribution in [3.8, 4) is 16.8 Å². The second kappa shape index (κ2) is 7.37. The summed E-state index contributed by atoms with van der Waals surface area (Å²) in [6.45, 7) is 13.2. The molecule has 2 aliphatic rings. The zero-order valence-corrected chi connectivity index (χ0v) is 22.4. The highest BCUT2D eigenvalue weighted by Crippen LogP contribution is 2.48. The average molecular weight is 485 g/mol. The van der Waals surface area contributed by atoms with E-state index in [-0.39, 0.29) is 16.6 Å². The van der Waals surface area contributed by atoms with Crippen molar-refractivity contribution in [1.82, 2.24) is 4.57 Å². The molecule has 0 amide bonds. The molecule has 37 heavy (non-hydrogen) atoms. The summed E-state index contributed by atoms with van der Waals surface area (Å²) in [5.41, 5.74) is 9.00. The van der Waals surface area contributed by atoms with Gasteiger partial charge in [-0.3, -0.25) is 0 Å². The molecular weight excluding hydrogens is 453 g/mol. The van der Waals surface area contributed by atoms with Gasteiger partial charge in [0, 0.05) is 16.2 Å². The van der Waals surface area contributed by atoms with Crippen LogP contribution < -0.4 is 5.46 Å². The van der Waals surface area contributed by atoms with Crippen LogP contribution >= 0.6 is 0 Å². The van der Waals surface area contributed by atoms with E-state index in [1.54, 1.807) is 0 Å². The van der Waals surface area contributed by atoms with E-state index in [2.05, 4.69) is 131 Å². The molecule has 1 aromatic heterocycles. The van der Waals surface area contributed by atoms with Crippen molar-refractivity contribution >= 4 is 34.4 Å². The first-order chi connectivity index (χ1) is 17.6. The second-order valence-electron chi connectivity index (χ2n) is 12.1. The molecule has 7 rings (SSSR count). The van der Waals surface area contributed by atoms with Crippen LogP contribution in [-0.2, 0) is 14.7 Å². The molecule has 1 fully saturated rings. The number of rotatable bonds is 2. The smallest absolute Gasteiger partial charge is 0.399 e. The van der Waals surface area contributed by atoms with Crippen LogP contribution in [0.25, 0.3) is 38.6 Å². The van der Waals surface area contributed by atoms with Crippen molar-refractivity contribution in [1.29, 1.82) is 0 Å². The van der Waals surface area contributed by atoms with Crippen molar-refractivity contribution in [3.05, 3.63) is 96.1 Å². The summed E-state index contributed by atoms with van der Waals surface area (Å²) in [6.07, 6.45) is 0. The van der Waals surface area contributed by atoms with Crippen molar-refractivity contribution in [3.63, 3.8) is 0 Å². The largest absolute Gasteiger partial charge is 0.494 e. The third-order valence-corrected chi connectivity index (χ3v) is 9.01. The van der Waals surface area contributed by atoms with Gasteiger partial charge in [0.05, 0.1) is 27.9 Å². The van der Waals surface area contributed by atoms with Gasteiger partial charge in [0.1, 0.15) is 0 Å². The maximum Gasteiger partial charge on any atom is 0.494 e. The Hall–Kier alpha value is -3.34. The van der Waals surface area contributed by atoms with Crippen molar-refractivity contribution in [2.24, 2.45) is 0 Å². The number of fused-ring (bicyclic) bond motifs is 5. The molecule has 3 nitrogen and oxygen atoms in total. The van der Waals surface area contributed by atoms with Gasteiger partial charge < -0.3 is 13.9 Å². The molecule has 4 aromatic carbocycles. The van der Waals surface area contributed by atoms with Gasteiger partial charge in [0.15, 0.2) is 0 Å². The van der Waals surface area contributed by atoms with E-state index in [0.29, 0.717) is 0 Å². The monoisotopic (exact) mass is 485 g/mol. The molecule has 0 saturated carbocycles. The zero-order chi connectivity index (χ0) is 25.7. The topological polar surface area (TPSA) is 23.4 Å². The lowest BCUT2D eigenvalue weighted by Gasteiger charge is -2.35. The highest BCUT2D eigenvalue weighted by molar-refractivity contribution is 6.62. The summed E-state index contributed by atoms with van der Waals surface area (Å²) >= 11 is 0. The molecule has 0 spiro atoms. The van der Waals surface area contributed by atoms with Crippen LogP contribution in [0, 0.1) is 0 Å². The van der Waals surface area contributed by atoms with E-state index >= 15 is 0 Å². The van der Waals surface area contributed by atoms with Gasteiger partial charge in [-0.1, -0.05) is 80.6 Å². The number of hydrogen-bond donors (Lipinski definition) is 0. The maximum atomic E-state index is 6.54. The van der Waals surface area contributed by atoms with Crippen molar-refractivity contribution in [2.75, 3.05) is 0 Å². The Morgan fingerprint density at radius 2 is 1.30 bits per heavy atom. The fourth-order valence-corrected chi connectivity index (χ4v) is 6.16. The van der Waals surface area contributed by atoms with E-state index in [0.717, 1.165) is 5.46 Å². The Kier molecular flexibility index (Phi) is 4.55. The third-order valence-electron chi connectivity index (χ3n) is 9.01.